The standard InChI is InChI=1S/C17H15NO4/c1-21-15-7-6-10(8-16(15)22-2)11-4-3-5-13-12(11)9-14(18-13)17(19)20/h3-9,18H,1-2H3,(H,19,20). The highest BCUT2D eigenvalue weighted by atomic mass is 16.5. The molecule has 0 atom stereocenters. The highest BCUT2D eigenvalue weighted by Crippen LogP contribution is 2.35. The van der Waals surface area contributed by atoms with Crippen LogP contribution in [0.2, 0.25) is 0 Å². The molecule has 5 heteroatoms. The number of carbonyl (C=O) groups is 1. The summed E-state index contributed by atoms with van der Waals surface area (Å²) in [6.45, 7) is 0. The summed E-state index contributed by atoms with van der Waals surface area (Å²) in [7, 11) is 3.17. The zero-order valence-corrected chi connectivity index (χ0v) is 12.2. The van der Waals surface area contributed by atoms with Crippen molar-refractivity contribution in [2.75, 3.05) is 14.2 Å². The maximum atomic E-state index is 11.1. The van der Waals surface area contributed by atoms with Crippen LogP contribution in [0.15, 0.2) is 42.5 Å². The van der Waals surface area contributed by atoms with Gasteiger partial charge in [-0.1, -0.05) is 18.2 Å². The summed E-state index contributed by atoms with van der Waals surface area (Å²) in [6.07, 6.45) is 0. The SMILES string of the molecule is COc1ccc(-c2cccc3[nH]c(C(=O)O)cc23)cc1OC. The van der Waals surface area contributed by atoms with E-state index in [-0.39, 0.29) is 5.69 Å². The molecule has 0 bridgehead atoms. The maximum Gasteiger partial charge on any atom is 0.352 e. The second kappa shape index (κ2) is 5.44. The Balaban J connectivity index is 2.19. The second-order valence-corrected chi connectivity index (χ2v) is 4.82. The van der Waals surface area contributed by atoms with Gasteiger partial charge in [0.1, 0.15) is 5.69 Å². The molecule has 0 amide bonds. The number of nitrogens with one attached hydrogen (secondary N) is 1. The second-order valence-electron chi connectivity index (χ2n) is 4.82. The number of H-pyrrole nitrogens is 1. The molecule has 3 aromatic rings. The first-order valence-electron chi connectivity index (χ1n) is 6.71. The van der Waals surface area contributed by atoms with Crippen LogP contribution in [-0.2, 0) is 0 Å². The first kappa shape index (κ1) is 14.0. The molecule has 22 heavy (non-hydrogen) atoms. The summed E-state index contributed by atoms with van der Waals surface area (Å²) < 4.78 is 10.6. The van der Waals surface area contributed by atoms with Gasteiger partial charge in [0.05, 0.1) is 14.2 Å². The van der Waals surface area contributed by atoms with Crippen molar-refractivity contribution in [3.63, 3.8) is 0 Å². The van der Waals surface area contributed by atoms with E-state index in [2.05, 4.69) is 4.98 Å². The van der Waals surface area contributed by atoms with E-state index in [1.165, 1.54) is 0 Å². The van der Waals surface area contributed by atoms with Gasteiger partial charge in [0, 0.05) is 10.9 Å². The molecule has 2 aromatic carbocycles. The molecule has 0 saturated carbocycles. The van der Waals surface area contributed by atoms with Gasteiger partial charge in [0.25, 0.3) is 0 Å². The highest BCUT2D eigenvalue weighted by molar-refractivity contribution is 6.01. The third-order valence-corrected chi connectivity index (χ3v) is 3.59. The van der Waals surface area contributed by atoms with Crippen LogP contribution in [0.3, 0.4) is 0 Å². The van der Waals surface area contributed by atoms with Gasteiger partial charge >= 0.3 is 5.97 Å². The number of aromatic amines is 1. The van der Waals surface area contributed by atoms with Crippen LogP contribution in [0, 0.1) is 0 Å². The predicted molar refractivity (Wildman–Crippen MR) is 83.8 cm³/mol. The molecule has 0 fully saturated rings. The van der Waals surface area contributed by atoms with Gasteiger partial charge in [-0.05, 0) is 35.4 Å². The third-order valence-electron chi connectivity index (χ3n) is 3.59. The number of rotatable bonds is 4. The number of carboxylic acid groups (broad SMARTS) is 1. The van der Waals surface area contributed by atoms with Crippen LogP contribution < -0.4 is 9.47 Å². The van der Waals surface area contributed by atoms with Crippen molar-refractivity contribution in [2.24, 2.45) is 0 Å². The quantitative estimate of drug-likeness (QED) is 0.772. The fraction of sp³-hybridized carbons (Fsp3) is 0.118. The average molecular weight is 297 g/mol. The largest absolute Gasteiger partial charge is 0.493 e. The molecule has 0 unspecified atom stereocenters. The first-order valence-corrected chi connectivity index (χ1v) is 6.71. The van der Waals surface area contributed by atoms with E-state index in [1.807, 2.05) is 36.4 Å². The number of hydrogen-bond acceptors (Lipinski definition) is 3. The van der Waals surface area contributed by atoms with Crippen molar-refractivity contribution in [1.29, 1.82) is 0 Å². The lowest BCUT2D eigenvalue weighted by Crippen LogP contribution is -1.94. The molecule has 1 aromatic heterocycles. The Bertz CT molecular complexity index is 851. The number of methoxy groups -OCH3 is 2. The summed E-state index contributed by atoms with van der Waals surface area (Å²) in [5.41, 5.74) is 2.81. The Morgan fingerprint density at radius 1 is 1.05 bits per heavy atom. The van der Waals surface area contributed by atoms with Gasteiger partial charge in [0.15, 0.2) is 11.5 Å². The van der Waals surface area contributed by atoms with Crippen LogP contribution in [0.5, 0.6) is 11.5 Å². The van der Waals surface area contributed by atoms with Crippen molar-refractivity contribution in [3.8, 4) is 22.6 Å². The fourth-order valence-electron chi connectivity index (χ4n) is 2.53. The van der Waals surface area contributed by atoms with E-state index in [0.717, 1.165) is 22.0 Å². The third kappa shape index (κ3) is 2.26. The molecule has 3 rings (SSSR count). The topological polar surface area (TPSA) is 71.6 Å². The van der Waals surface area contributed by atoms with E-state index < -0.39 is 5.97 Å². The smallest absolute Gasteiger partial charge is 0.352 e. The lowest BCUT2D eigenvalue weighted by Gasteiger charge is -2.10. The molecular weight excluding hydrogens is 282 g/mol. The number of carboxylic acids is 1. The Morgan fingerprint density at radius 3 is 2.50 bits per heavy atom. The van der Waals surface area contributed by atoms with E-state index >= 15 is 0 Å². The lowest BCUT2D eigenvalue weighted by molar-refractivity contribution is 0.0691. The molecule has 0 aliphatic carbocycles. The summed E-state index contributed by atoms with van der Waals surface area (Å²) in [4.78, 5) is 14.0. The molecule has 5 nitrogen and oxygen atoms in total. The molecule has 2 N–H and O–H groups in total. The minimum absolute atomic E-state index is 0.169. The maximum absolute atomic E-state index is 11.1. The van der Waals surface area contributed by atoms with Gasteiger partial charge in [-0.25, -0.2) is 4.79 Å². The Morgan fingerprint density at radius 2 is 1.82 bits per heavy atom. The minimum atomic E-state index is -0.977. The van der Waals surface area contributed by atoms with Crippen molar-refractivity contribution in [1.82, 2.24) is 4.98 Å². The zero-order valence-electron chi connectivity index (χ0n) is 12.2. The molecule has 0 aliphatic rings. The van der Waals surface area contributed by atoms with Crippen molar-refractivity contribution >= 4 is 16.9 Å². The highest BCUT2D eigenvalue weighted by Gasteiger charge is 2.13. The summed E-state index contributed by atoms with van der Waals surface area (Å²) in [5, 5.41) is 9.98. The Labute approximate surface area is 127 Å². The van der Waals surface area contributed by atoms with Gasteiger partial charge in [0.2, 0.25) is 0 Å². The van der Waals surface area contributed by atoms with E-state index in [4.69, 9.17) is 14.6 Å². The monoisotopic (exact) mass is 297 g/mol. The number of fused-ring (bicyclic) bond motifs is 1. The summed E-state index contributed by atoms with van der Waals surface area (Å²) in [6, 6.07) is 13.0. The Kier molecular flexibility index (Phi) is 3.47. The predicted octanol–water partition coefficient (Wildman–Crippen LogP) is 3.55. The molecule has 0 aliphatic heterocycles. The number of hydrogen-bond donors (Lipinski definition) is 2. The molecule has 112 valence electrons. The Hall–Kier alpha value is -2.95. The molecule has 0 spiro atoms. The lowest BCUT2D eigenvalue weighted by atomic mass is 10.0. The van der Waals surface area contributed by atoms with Gasteiger partial charge in [-0.2, -0.15) is 0 Å². The number of benzene rings is 2. The molecule has 1 heterocycles. The van der Waals surface area contributed by atoms with E-state index in [9.17, 15) is 4.79 Å². The van der Waals surface area contributed by atoms with Crippen LogP contribution in [0.4, 0.5) is 0 Å². The molecule has 0 radical (unpaired) electrons. The number of ether oxygens (including phenoxy) is 2. The van der Waals surface area contributed by atoms with Gasteiger partial charge in [-0.15, -0.1) is 0 Å². The van der Waals surface area contributed by atoms with Crippen molar-refractivity contribution in [2.45, 2.75) is 0 Å². The van der Waals surface area contributed by atoms with E-state index in [1.54, 1.807) is 20.3 Å². The van der Waals surface area contributed by atoms with Crippen molar-refractivity contribution < 1.29 is 19.4 Å². The van der Waals surface area contributed by atoms with Crippen LogP contribution >= 0.6 is 0 Å². The summed E-state index contributed by atoms with van der Waals surface area (Å²) in [5.74, 6) is 0.305. The summed E-state index contributed by atoms with van der Waals surface area (Å²) >= 11 is 0. The number of aromatic carboxylic acids is 1. The minimum Gasteiger partial charge on any atom is -0.493 e. The first-order chi connectivity index (χ1) is 10.6. The van der Waals surface area contributed by atoms with Gasteiger partial charge in [-0.3, -0.25) is 0 Å². The zero-order chi connectivity index (χ0) is 15.7. The molecular formula is C17H15NO4. The average Bonchev–Trinajstić information content (AvgIpc) is 2.98. The number of aromatic nitrogens is 1. The van der Waals surface area contributed by atoms with Crippen LogP contribution in [-0.4, -0.2) is 30.3 Å². The van der Waals surface area contributed by atoms with Crippen molar-refractivity contribution in [3.05, 3.63) is 48.2 Å². The molecule has 0 saturated heterocycles. The van der Waals surface area contributed by atoms with Gasteiger partial charge < -0.3 is 19.6 Å². The van der Waals surface area contributed by atoms with E-state index in [0.29, 0.717) is 11.5 Å². The fourth-order valence-corrected chi connectivity index (χ4v) is 2.53. The van der Waals surface area contributed by atoms with Crippen LogP contribution in [0.25, 0.3) is 22.0 Å². The normalized spacial score (nSPS) is 10.6. The van der Waals surface area contributed by atoms with Crippen LogP contribution in [0.1, 0.15) is 10.5 Å².